The Kier molecular flexibility index (Phi) is 5.50. The van der Waals surface area contributed by atoms with E-state index < -0.39 is 0 Å². The zero-order valence-corrected chi connectivity index (χ0v) is 18.7. The molecule has 1 saturated heterocycles. The molecule has 4 atom stereocenters. The zero-order chi connectivity index (χ0) is 19.5. The molecule has 160 valence electrons. The number of methoxy groups -OCH3 is 2. The summed E-state index contributed by atoms with van der Waals surface area (Å²) in [6.07, 6.45) is 7.39. The number of Topliss-reactive ketones (excluding diaryl/α,β-unsaturated/α-hetero) is 1. The van der Waals surface area contributed by atoms with Gasteiger partial charge in [0.25, 0.3) is 0 Å². The van der Waals surface area contributed by atoms with Crippen LogP contribution in [0.25, 0.3) is 0 Å². The molecule has 0 amide bonds. The molecule has 5 heteroatoms. The Morgan fingerprint density at radius 1 is 1.21 bits per heavy atom. The van der Waals surface area contributed by atoms with Gasteiger partial charge in [-0.1, -0.05) is 19.4 Å². The van der Waals surface area contributed by atoms with Crippen LogP contribution in [0, 0.1) is 11.8 Å². The first kappa shape index (κ1) is 21.1. The van der Waals surface area contributed by atoms with Gasteiger partial charge in [-0.15, -0.1) is 12.4 Å². The lowest BCUT2D eigenvalue weighted by Gasteiger charge is -2.67. The predicted molar refractivity (Wildman–Crippen MR) is 116 cm³/mol. The van der Waals surface area contributed by atoms with Gasteiger partial charge >= 0.3 is 0 Å². The summed E-state index contributed by atoms with van der Waals surface area (Å²) in [6, 6.07) is 6.87. The van der Waals surface area contributed by atoms with Crippen LogP contribution in [0.5, 0.6) is 5.75 Å². The molecule has 4 nitrogen and oxygen atoms in total. The largest absolute Gasteiger partial charge is 0.497 e. The molecule has 29 heavy (non-hydrogen) atoms. The molecule has 2 saturated carbocycles. The van der Waals surface area contributed by atoms with E-state index in [0.717, 1.165) is 31.1 Å². The third-order valence-corrected chi connectivity index (χ3v) is 8.58. The predicted octanol–water partition coefficient (Wildman–Crippen LogP) is 4.17. The molecular weight excluding hydrogens is 386 g/mol. The minimum atomic E-state index is -0.289. The Labute approximate surface area is 180 Å². The zero-order valence-electron chi connectivity index (χ0n) is 17.9. The van der Waals surface area contributed by atoms with E-state index in [1.54, 1.807) is 7.11 Å². The van der Waals surface area contributed by atoms with Crippen LogP contribution in [-0.2, 0) is 21.4 Å². The number of fused-ring (bicyclic) bond motifs is 1. The van der Waals surface area contributed by atoms with Gasteiger partial charge in [0.15, 0.2) is 0 Å². The molecule has 0 radical (unpaired) electrons. The summed E-state index contributed by atoms with van der Waals surface area (Å²) in [5.74, 6) is 2.35. The molecule has 1 aliphatic heterocycles. The molecule has 5 rings (SSSR count). The normalized spacial score (nSPS) is 36.4. The van der Waals surface area contributed by atoms with Gasteiger partial charge in [-0.2, -0.15) is 0 Å². The Morgan fingerprint density at radius 3 is 2.66 bits per heavy atom. The summed E-state index contributed by atoms with van der Waals surface area (Å²) in [5.41, 5.74) is 2.19. The molecule has 0 unspecified atom stereocenters. The Balaban J connectivity index is 0.00000205. The van der Waals surface area contributed by atoms with E-state index >= 15 is 0 Å². The maximum absolute atomic E-state index is 12.9. The fourth-order valence-electron chi connectivity index (χ4n) is 7.20. The number of ether oxygens (including phenoxy) is 2. The van der Waals surface area contributed by atoms with Gasteiger partial charge in [0.05, 0.1) is 12.7 Å². The standard InChI is InChI=1S/C24H33NO3.ClH/c1-16-11-19(26)14-23-9-10-25(15-17-5-4-6-17)22(24(16,23)28-3)12-18-7-8-20(27-2)13-21(18)23;/h7-8,13,16-17,22H,4-6,9-12,14-15H2,1-3H3;1H/t16-,22+,23+,24+;/m0./s1. The van der Waals surface area contributed by atoms with E-state index in [9.17, 15) is 4.79 Å². The molecule has 3 fully saturated rings. The van der Waals surface area contributed by atoms with Crippen molar-refractivity contribution >= 4 is 18.2 Å². The number of ketones is 1. The van der Waals surface area contributed by atoms with E-state index in [1.165, 1.54) is 36.9 Å². The molecular formula is C24H34ClNO3. The van der Waals surface area contributed by atoms with Gasteiger partial charge in [0.1, 0.15) is 11.5 Å². The average Bonchev–Trinajstić information content (AvgIpc) is 2.65. The van der Waals surface area contributed by atoms with E-state index in [2.05, 4.69) is 30.0 Å². The number of nitrogens with zero attached hydrogens (tertiary/aromatic N) is 1. The van der Waals surface area contributed by atoms with Crippen LogP contribution in [0.1, 0.15) is 56.6 Å². The number of halogens is 1. The topological polar surface area (TPSA) is 38.8 Å². The van der Waals surface area contributed by atoms with Crippen molar-refractivity contribution in [3.63, 3.8) is 0 Å². The fourth-order valence-corrected chi connectivity index (χ4v) is 7.20. The van der Waals surface area contributed by atoms with Crippen LogP contribution < -0.4 is 4.74 Å². The maximum atomic E-state index is 12.9. The van der Waals surface area contributed by atoms with E-state index in [-0.39, 0.29) is 29.3 Å². The van der Waals surface area contributed by atoms with Crippen molar-refractivity contribution in [1.82, 2.24) is 4.90 Å². The maximum Gasteiger partial charge on any atom is 0.134 e. The lowest BCUT2D eigenvalue weighted by atomic mass is 9.46. The molecule has 0 aromatic heterocycles. The first-order valence-corrected chi connectivity index (χ1v) is 11.0. The highest BCUT2D eigenvalue weighted by Crippen LogP contribution is 2.61. The first-order chi connectivity index (χ1) is 13.5. The van der Waals surface area contributed by atoms with Gasteiger partial charge < -0.3 is 9.47 Å². The Hall–Kier alpha value is -1.10. The van der Waals surface area contributed by atoms with Gasteiger partial charge in [0.2, 0.25) is 0 Å². The lowest BCUT2D eigenvalue weighted by molar-refractivity contribution is -0.211. The molecule has 0 N–H and O–H groups in total. The van der Waals surface area contributed by atoms with Gasteiger partial charge in [0, 0.05) is 38.0 Å². The van der Waals surface area contributed by atoms with E-state index in [4.69, 9.17) is 9.47 Å². The Bertz CT molecular complexity index is 794. The summed E-state index contributed by atoms with van der Waals surface area (Å²) >= 11 is 0. The monoisotopic (exact) mass is 419 g/mol. The van der Waals surface area contributed by atoms with Crippen molar-refractivity contribution in [2.75, 3.05) is 27.3 Å². The summed E-state index contributed by atoms with van der Waals surface area (Å²) in [5, 5.41) is 0. The number of benzene rings is 1. The number of carbonyl (C=O) groups excluding carboxylic acids is 1. The number of hydrogen-bond donors (Lipinski definition) is 0. The van der Waals surface area contributed by atoms with Crippen molar-refractivity contribution in [1.29, 1.82) is 0 Å². The summed E-state index contributed by atoms with van der Waals surface area (Å²) in [4.78, 5) is 15.6. The highest BCUT2D eigenvalue weighted by molar-refractivity contribution is 5.85. The van der Waals surface area contributed by atoms with Gasteiger partial charge in [-0.3, -0.25) is 9.69 Å². The van der Waals surface area contributed by atoms with Crippen LogP contribution in [0.15, 0.2) is 18.2 Å². The molecule has 1 heterocycles. The van der Waals surface area contributed by atoms with Crippen molar-refractivity contribution in [2.24, 2.45) is 11.8 Å². The SMILES string of the molecule is COc1ccc2c(c1)[C@]13CCN(CC4CCC4)[C@H](C2)[C@]1(OC)[C@@H](C)CC(=O)C3.Cl. The van der Waals surface area contributed by atoms with Crippen LogP contribution >= 0.6 is 12.4 Å². The molecule has 0 spiro atoms. The van der Waals surface area contributed by atoms with Crippen LogP contribution in [-0.4, -0.2) is 49.6 Å². The smallest absolute Gasteiger partial charge is 0.134 e. The molecule has 3 aliphatic carbocycles. The quantitative estimate of drug-likeness (QED) is 0.734. The number of hydrogen-bond acceptors (Lipinski definition) is 4. The van der Waals surface area contributed by atoms with Crippen molar-refractivity contribution in [3.8, 4) is 5.75 Å². The third-order valence-electron chi connectivity index (χ3n) is 8.58. The van der Waals surface area contributed by atoms with Crippen LogP contribution in [0.4, 0.5) is 0 Å². The molecule has 4 aliphatic rings. The first-order valence-electron chi connectivity index (χ1n) is 11.0. The van der Waals surface area contributed by atoms with Gasteiger partial charge in [-0.25, -0.2) is 0 Å². The summed E-state index contributed by atoms with van der Waals surface area (Å²) in [7, 11) is 3.62. The minimum Gasteiger partial charge on any atom is -0.497 e. The van der Waals surface area contributed by atoms with Crippen molar-refractivity contribution in [3.05, 3.63) is 29.3 Å². The average molecular weight is 420 g/mol. The second-order valence-electron chi connectivity index (χ2n) is 9.68. The summed E-state index contributed by atoms with van der Waals surface area (Å²) in [6.45, 7) is 4.52. The van der Waals surface area contributed by atoms with Crippen LogP contribution in [0.3, 0.4) is 0 Å². The van der Waals surface area contributed by atoms with E-state index in [1.807, 2.05) is 7.11 Å². The van der Waals surface area contributed by atoms with E-state index in [0.29, 0.717) is 24.7 Å². The second-order valence-corrected chi connectivity index (χ2v) is 9.68. The molecule has 1 aromatic rings. The van der Waals surface area contributed by atoms with Gasteiger partial charge in [-0.05, 0) is 67.3 Å². The van der Waals surface area contributed by atoms with Crippen LogP contribution in [0.2, 0.25) is 0 Å². The highest BCUT2D eigenvalue weighted by Gasteiger charge is 2.68. The molecule has 2 bridgehead atoms. The lowest BCUT2D eigenvalue weighted by Crippen LogP contribution is -2.76. The second kappa shape index (κ2) is 7.55. The fraction of sp³-hybridized carbons (Fsp3) is 0.708. The summed E-state index contributed by atoms with van der Waals surface area (Å²) < 4.78 is 12.1. The Morgan fingerprint density at radius 2 is 2.00 bits per heavy atom. The number of piperidine rings is 1. The highest BCUT2D eigenvalue weighted by atomic mass is 35.5. The number of likely N-dealkylation sites (tertiary alicyclic amines) is 1. The van der Waals surface area contributed by atoms with Crippen molar-refractivity contribution in [2.45, 2.75) is 68.9 Å². The number of rotatable bonds is 4. The minimum absolute atomic E-state index is 0. The third kappa shape index (κ3) is 2.82. The molecule has 1 aromatic carbocycles. The van der Waals surface area contributed by atoms with Crippen molar-refractivity contribution < 1.29 is 14.3 Å². The number of carbonyl (C=O) groups is 1.